The van der Waals surface area contributed by atoms with E-state index in [1.54, 1.807) is 12.2 Å². The van der Waals surface area contributed by atoms with Crippen molar-refractivity contribution in [3.63, 3.8) is 0 Å². The highest BCUT2D eigenvalue weighted by atomic mass is 16.6. The summed E-state index contributed by atoms with van der Waals surface area (Å²) >= 11 is 0. The zero-order chi connectivity index (χ0) is 79.6. The van der Waals surface area contributed by atoms with Gasteiger partial charge in [0.2, 0.25) is 0 Å². The Kier molecular flexibility index (Phi) is 24.8. The first-order chi connectivity index (χ1) is 58.5. The number of aromatic nitrogens is 4. The molecule has 13 aromatic rings. The molecule has 0 fully saturated rings. The second kappa shape index (κ2) is 37.7. The SMILES string of the molecule is C=CCOCCOCCOCCOCCOc1ccc(-c2ccc3ccc4ccc(-c5cccc(N6C=CC=c7ccc8c(c76)N(c6cccc(N7C=CC=c9ccc%10c(c97)N(c7cccc(-c9ccc%11ccc%12ccc(-c%13ccc(OCCOCCOCCOCCOCC=C)cc%13)nc%12c%11n9)c7)C=CC=%10)c6)C=CC=8)c5)nc4c3n2)cc1. The average Bonchev–Trinajstić information content (AvgIpc) is 0.746. The monoisotopic (exact) mass is 1560 g/mol. The zero-order valence-corrected chi connectivity index (χ0v) is 65.7. The summed E-state index contributed by atoms with van der Waals surface area (Å²) in [6, 6.07) is 76.5. The average molecular weight is 1560 g/mol. The Morgan fingerprint density at radius 1 is 0.254 bits per heavy atom. The maximum Gasteiger partial charge on any atom is 0.119 e. The van der Waals surface area contributed by atoms with E-state index in [9.17, 15) is 0 Å². The predicted molar refractivity (Wildman–Crippen MR) is 475 cm³/mol. The van der Waals surface area contributed by atoms with Crippen LogP contribution in [0, 0.1) is 0 Å². The number of fused-ring (bicyclic) bond motifs is 12. The van der Waals surface area contributed by atoms with Gasteiger partial charge < -0.3 is 67.0 Å². The number of anilines is 8. The molecular weight excluding hydrogens is 1470 g/mol. The van der Waals surface area contributed by atoms with Crippen LogP contribution in [0.5, 0.6) is 11.5 Å². The molecule has 0 radical (unpaired) electrons. The van der Waals surface area contributed by atoms with Crippen molar-refractivity contribution in [2.45, 2.75) is 0 Å². The van der Waals surface area contributed by atoms with Crippen molar-refractivity contribution < 1.29 is 47.4 Å². The van der Waals surface area contributed by atoms with Crippen LogP contribution in [0.25, 0.3) is 113 Å². The first-order valence-electron chi connectivity index (χ1n) is 40.1. The van der Waals surface area contributed by atoms with Gasteiger partial charge in [-0.05, 0) is 140 Å². The second-order valence-corrected chi connectivity index (χ2v) is 28.4. The van der Waals surface area contributed by atoms with Crippen LogP contribution in [0.2, 0.25) is 0 Å². The third kappa shape index (κ3) is 17.9. The van der Waals surface area contributed by atoms with Crippen LogP contribution in [-0.2, 0) is 37.9 Å². The minimum Gasteiger partial charge on any atom is -0.491 e. The summed E-state index contributed by atoms with van der Waals surface area (Å²) in [7, 11) is 0. The van der Waals surface area contributed by atoms with Crippen molar-refractivity contribution >= 4 is 113 Å². The van der Waals surface area contributed by atoms with Crippen molar-refractivity contribution in [1.82, 2.24) is 19.9 Å². The fourth-order valence-corrected chi connectivity index (χ4v) is 15.0. The minimum absolute atomic E-state index is 0.416. The fraction of sp³-hybridized carbons (Fsp3) is 0.180. The number of benzene rings is 9. The smallest absolute Gasteiger partial charge is 0.119 e. The van der Waals surface area contributed by atoms with Gasteiger partial charge in [-0.25, -0.2) is 19.9 Å². The molecular formula is C100H90N8O10. The number of hydrogen-bond donors (Lipinski definition) is 0. The van der Waals surface area contributed by atoms with Gasteiger partial charge in [0.1, 0.15) is 24.7 Å². The van der Waals surface area contributed by atoms with E-state index in [1.807, 2.05) is 48.5 Å². The van der Waals surface area contributed by atoms with Crippen molar-refractivity contribution in [2.24, 2.45) is 0 Å². The highest BCUT2D eigenvalue weighted by Gasteiger charge is 2.27. The van der Waals surface area contributed by atoms with E-state index in [0.29, 0.717) is 119 Å². The largest absolute Gasteiger partial charge is 0.491 e. The Labute approximate surface area is 685 Å². The van der Waals surface area contributed by atoms with Crippen LogP contribution < -0.4 is 49.9 Å². The molecule has 4 aliphatic rings. The number of allylic oxidation sites excluding steroid dienone is 4. The summed E-state index contributed by atoms with van der Waals surface area (Å²) in [5.41, 5.74) is 18.9. The molecule has 4 aromatic heterocycles. The Morgan fingerprint density at radius 2 is 0.517 bits per heavy atom. The summed E-state index contributed by atoms with van der Waals surface area (Å²) in [6.07, 6.45) is 29.4. The Balaban J connectivity index is 0.578. The van der Waals surface area contributed by atoms with Crippen LogP contribution >= 0.6 is 0 Å². The van der Waals surface area contributed by atoms with E-state index in [0.717, 1.165) is 167 Å². The molecule has 0 saturated carbocycles. The molecule has 0 spiro atoms. The number of pyridine rings is 4. The molecule has 0 unspecified atom stereocenters. The lowest BCUT2D eigenvalue weighted by Crippen LogP contribution is -2.31. The quantitative estimate of drug-likeness (QED) is 0.0204. The van der Waals surface area contributed by atoms with E-state index < -0.39 is 0 Å². The summed E-state index contributed by atoms with van der Waals surface area (Å²) in [4.78, 5) is 30.7. The van der Waals surface area contributed by atoms with Gasteiger partial charge in [-0.15, -0.1) is 13.2 Å². The summed E-state index contributed by atoms with van der Waals surface area (Å²) in [6.45, 7) is 16.1. The lowest BCUT2D eigenvalue weighted by atomic mass is 10.0. The van der Waals surface area contributed by atoms with Gasteiger partial charge in [-0.3, -0.25) is 0 Å². The van der Waals surface area contributed by atoms with Gasteiger partial charge in [0.25, 0.3) is 0 Å². The molecule has 8 heterocycles. The lowest BCUT2D eigenvalue weighted by Gasteiger charge is -2.34. The van der Waals surface area contributed by atoms with Crippen molar-refractivity contribution in [3.8, 4) is 56.5 Å². The number of nitrogens with zero attached hydrogens (tertiary/aromatic N) is 8. The van der Waals surface area contributed by atoms with Gasteiger partial charge in [0, 0.05) is 112 Å². The van der Waals surface area contributed by atoms with Gasteiger partial charge in [-0.1, -0.05) is 140 Å². The van der Waals surface area contributed by atoms with Crippen molar-refractivity contribution in [1.29, 1.82) is 0 Å². The van der Waals surface area contributed by atoms with Crippen LogP contribution in [-0.4, -0.2) is 139 Å². The highest BCUT2D eigenvalue weighted by Crippen LogP contribution is 2.43. The Morgan fingerprint density at radius 3 is 0.822 bits per heavy atom. The molecule has 18 nitrogen and oxygen atoms in total. The summed E-state index contributed by atoms with van der Waals surface area (Å²) in [5.74, 6) is 1.51. The second-order valence-electron chi connectivity index (χ2n) is 28.4. The minimum atomic E-state index is 0.416. The van der Waals surface area contributed by atoms with Crippen LogP contribution in [0.15, 0.2) is 293 Å². The summed E-state index contributed by atoms with van der Waals surface area (Å²) < 4.78 is 56.4. The van der Waals surface area contributed by atoms with E-state index in [1.165, 1.54) is 0 Å². The Bertz CT molecular complexity index is 5860. The zero-order valence-electron chi connectivity index (χ0n) is 65.7. The van der Waals surface area contributed by atoms with E-state index in [4.69, 9.17) is 67.3 Å². The fourth-order valence-electron chi connectivity index (χ4n) is 15.0. The standard InChI is InChI=1S/C100H90N8O10/c1-3-50-109-52-54-111-56-58-113-60-62-115-64-66-117-87-38-30-71(31-39-87)89-42-34-73-22-24-75-36-44-91(103-95(75)93(73)101-89)81-12-5-18-83(68-81)105-46-8-14-77-26-28-79-16-10-48-107(99(79)97(77)105)85-20-7-21-86(70-85)108-49-11-17-80-29-27-78-15-9-47-106(98(78)100(80)108)84-19-6-13-82(69-84)92-45-37-76-25-23-74-35-43-90(102-94(74)96(76)104-92)72-32-40-88(41-33-72)118-67-65-116-63-61-114-59-57-112-55-53-110-51-4-2/h3-49,68-70H,1-2,50-67H2. The van der Waals surface area contributed by atoms with Gasteiger partial charge >= 0.3 is 0 Å². The van der Waals surface area contributed by atoms with Crippen LogP contribution in [0.3, 0.4) is 0 Å². The molecule has 118 heavy (non-hydrogen) atoms. The molecule has 0 bridgehead atoms. The van der Waals surface area contributed by atoms with Gasteiger partial charge in [0.05, 0.1) is 173 Å². The van der Waals surface area contributed by atoms with Crippen LogP contribution in [0.4, 0.5) is 45.5 Å². The third-order valence-electron chi connectivity index (χ3n) is 20.7. The van der Waals surface area contributed by atoms with E-state index in [2.05, 4.69) is 276 Å². The van der Waals surface area contributed by atoms with Crippen LogP contribution in [0.1, 0.15) is 0 Å². The predicted octanol–water partition coefficient (Wildman–Crippen LogP) is 17.6. The van der Waals surface area contributed by atoms with E-state index >= 15 is 0 Å². The molecule has 0 saturated heterocycles. The van der Waals surface area contributed by atoms with Gasteiger partial charge in [0.15, 0.2) is 0 Å². The van der Waals surface area contributed by atoms with Crippen molar-refractivity contribution in [2.75, 3.05) is 139 Å². The first kappa shape index (κ1) is 77.6. The first-order valence-corrected chi connectivity index (χ1v) is 40.1. The molecule has 9 aromatic carbocycles. The number of ether oxygens (including phenoxy) is 10. The lowest BCUT2D eigenvalue weighted by molar-refractivity contribution is -0.00221. The Hall–Kier alpha value is -13.0. The maximum absolute atomic E-state index is 6.03. The molecule has 4 aliphatic heterocycles. The topological polar surface area (TPSA) is 157 Å². The molecule has 590 valence electrons. The normalized spacial score (nSPS) is 13.1. The highest BCUT2D eigenvalue weighted by molar-refractivity contribution is 6.06. The molecule has 0 aliphatic carbocycles. The maximum atomic E-state index is 6.03. The molecule has 17 rings (SSSR count). The number of hydrogen-bond acceptors (Lipinski definition) is 18. The molecule has 0 N–H and O–H groups in total. The molecule has 0 amide bonds. The summed E-state index contributed by atoms with van der Waals surface area (Å²) in [5, 5.41) is 8.44. The van der Waals surface area contributed by atoms with Gasteiger partial charge in [-0.2, -0.15) is 0 Å². The third-order valence-corrected chi connectivity index (χ3v) is 20.7. The van der Waals surface area contributed by atoms with Crippen molar-refractivity contribution in [3.05, 3.63) is 314 Å². The number of rotatable bonds is 38. The molecule has 18 heteroatoms. The van der Waals surface area contributed by atoms with E-state index in [-0.39, 0.29) is 0 Å². The molecule has 0 atom stereocenters.